The summed E-state index contributed by atoms with van der Waals surface area (Å²) in [6, 6.07) is 3.65. The summed E-state index contributed by atoms with van der Waals surface area (Å²) < 4.78 is 5.29. The summed E-state index contributed by atoms with van der Waals surface area (Å²) in [4.78, 5) is 21.1. The molecule has 1 aliphatic heterocycles. The predicted octanol–water partition coefficient (Wildman–Crippen LogP) is 1.38. The number of piperazine rings is 1. The molecular weight excluding hydrogens is 300 g/mol. The molecule has 0 aliphatic carbocycles. The molecule has 0 spiro atoms. The van der Waals surface area contributed by atoms with Crippen LogP contribution in [0.1, 0.15) is 10.5 Å². The van der Waals surface area contributed by atoms with Crippen molar-refractivity contribution in [3.8, 4) is 10.8 Å². The third-order valence-electron chi connectivity index (χ3n) is 3.78. The summed E-state index contributed by atoms with van der Waals surface area (Å²) in [6.07, 6.45) is 1.60. The van der Waals surface area contributed by atoms with Gasteiger partial charge in [0, 0.05) is 44.6 Å². The average molecular weight is 320 g/mol. The van der Waals surface area contributed by atoms with Crippen LogP contribution in [0.2, 0.25) is 0 Å². The molecule has 1 amide bonds. The van der Waals surface area contributed by atoms with Gasteiger partial charge in [-0.25, -0.2) is 4.98 Å². The maximum absolute atomic E-state index is 12.1. The van der Waals surface area contributed by atoms with Gasteiger partial charge in [-0.15, -0.1) is 11.3 Å². The fourth-order valence-electron chi connectivity index (χ4n) is 2.38. The third-order valence-corrected chi connectivity index (χ3v) is 4.64. The standard InChI is InChI=1S/C15H20N4O2S/c1-18-6-8-19(9-7-18)5-4-16-14(20)12-11-22-15(17-12)13-3-2-10-21-13/h2-3,10-11H,4-9H2,1H3,(H,16,20). The van der Waals surface area contributed by atoms with Crippen molar-refractivity contribution in [2.75, 3.05) is 46.3 Å². The van der Waals surface area contributed by atoms with Gasteiger partial charge in [-0.3, -0.25) is 9.69 Å². The van der Waals surface area contributed by atoms with Crippen LogP contribution in [0, 0.1) is 0 Å². The lowest BCUT2D eigenvalue weighted by Gasteiger charge is -2.32. The van der Waals surface area contributed by atoms with Gasteiger partial charge >= 0.3 is 0 Å². The Balaban J connectivity index is 1.46. The number of rotatable bonds is 5. The van der Waals surface area contributed by atoms with Crippen molar-refractivity contribution < 1.29 is 9.21 Å². The number of hydrogen-bond acceptors (Lipinski definition) is 6. The van der Waals surface area contributed by atoms with Crippen molar-refractivity contribution in [2.24, 2.45) is 0 Å². The Labute approximate surface area is 133 Å². The van der Waals surface area contributed by atoms with Crippen molar-refractivity contribution in [2.45, 2.75) is 0 Å². The molecule has 2 aromatic heterocycles. The highest BCUT2D eigenvalue weighted by atomic mass is 32.1. The Morgan fingerprint density at radius 2 is 2.23 bits per heavy atom. The molecule has 0 atom stereocenters. The van der Waals surface area contributed by atoms with Gasteiger partial charge in [0.25, 0.3) is 5.91 Å². The van der Waals surface area contributed by atoms with E-state index in [9.17, 15) is 4.79 Å². The van der Waals surface area contributed by atoms with E-state index in [1.807, 2.05) is 12.1 Å². The minimum atomic E-state index is -0.122. The van der Waals surface area contributed by atoms with Crippen molar-refractivity contribution in [1.29, 1.82) is 0 Å². The van der Waals surface area contributed by atoms with Crippen LogP contribution in [0.3, 0.4) is 0 Å². The molecule has 3 rings (SSSR count). The van der Waals surface area contributed by atoms with Crippen molar-refractivity contribution in [3.63, 3.8) is 0 Å². The first-order chi connectivity index (χ1) is 10.7. The van der Waals surface area contributed by atoms with E-state index in [1.54, 1.807) is 11.6 Å². The molecule has 0 saturated carbocycles. The molecule has 7 heteroatoms. The van der Waals surface area contributed by atoms with Crippen LogP contribution in [-0.4, -0.2) is 67.0 Å². The highest BCUT2D eigenvalue weighted by molar-refractivity contribution is 7.13. The summed E-state index contributed by atoms with van der Waals surface area (Å²) in [7, 11) is 2.14. The number of aromatic nitrogens is 1. The zero-order valence-corrected chi connectivity index (χ0v) is 13.4. The van der Waals surface area contributed by atoms with Crippen LogP contribution in [-0.2, 0) is 0 Å². The number of likely N-dealkylation sites (N-methyl/N-ethyl adjacent to an activating group) is 1. The van der Waals surface area contributed by atoms with Gasteiger partial charge in [-0.1, -0.05) is 0 Å². The van der Waals surface area contributed by atoms with Crippen LogP contribution >= 0.6 is 11.3 Å². The van der Waals surface area contributed by atoms with E-state index >= 15 is 0 Å². The minimum Gasteiger partial charge on any atom is -0.462 e. The van der Waals surface area contributed by atoms with E-state index in [0.717, 1.165) is 37.7 Å². The van der Waals surface area contributed by atoms with Crippen LogP contribution in [0.25, 0.3) is 10.8 Å². The molecule has 1 fully saturated rings. The number of nitrogens with one attached hydrogen (secondary N) is 1. The molecule has 0 radical (unpaired) electrons. The summed E-state index contributed by atoms with van der Waals surface area (Å²) in [6.45, 7) is 5.83. The predicted molar refractivity (Wildman–Crippen MR) is 86.1 cm³/mol. The first kappa shape index (κ1) is 15.2. The number of hydrogen-bond donors (Lipinski definition) is 1. The van der Waals surface area contributed by atoms with Crippen molar-refractivity contribution in [3.05, 3.63) is 29.5 Å². The van der Waals surface area contributed by atoms with E-state index in [1.165, 1.54) is 11.3 Å². The second-order valence-electron chi connectivity index (χ2n) is 5.42. The number of carbonyl (C=O) groups is 1. The number of carbonyl (C=O) groups excluding carboxylic acids is 1. The Kier molecular flexibility index (Phi) is 4.87. The van der Waals surface area contributed by atoms with Gasteiger partial charge < -0.3 is 14.6 Å². The lowest BCUT2D eigenvalue weighted by Crippen LogP contribution is -2.46. The lowest BCUT2D eigenvalue weighted by atomic mass is 10.3. The number of furan rings is 1. The number of thiazole rings is 1. The van der Waals surface area contributed by atoms with Crippen LogP contribution in [0.15, 0.2) is 28.2 Å². The summed E-state index contributed by atoms with van der Waals surface area (Å²) in [5.41, 5.74) is 0.453. The highest BCUT2D eigenvalue weighted by Crippen LogP contribution is 2.23. The van der Waals surface area contributed by atoms with E-state index in [0.29, 0.717) is 18.0 Å². The summed E-state index contributed by atoms with van der Waals surface area (Å²) in [5, 5.41) is 5.43. The monoisotopic (exact) mass is 320 g/mol. The van der Waals surface area contributed by atoms with Crippen molar-refractivity contribution in [1.82, 2.24) is 20.1 Å². The fourth-order valence-corrected chi connectivity index (χ4v) is 3.15. The molecular formula is C15H20N4O2S. The first-order valence-corrected chi connectivity index (χ1v) is 8.29. The Hall–Kier alpha value is -1.70. The molecule has 3 heterocycles. The topological polar surface area (TPSA) is 61.6 Å². The zero-order chi connectivity index (χ0) is 15.4. The molecule has 0 bridgehead atoms. The van der Waals surface area contributed by atoms with Gasteiger partial charge in [0.15, 0.2) is 10.8 Å². The van der Waals surface area contributed by atoms with E-state index in [-0.39, 0.29) is 5.91 Å². The molecule has 1 aliphatic rings. The second-order valence-corrected chi connectivity index (χ2v) is 6.27. The molecule has 0 aromatic carbocycles. The Morgan fingerprint density at radius 1 is 1.41 bits per heavy atom. The lowest BCUT2D eigenvalue weighted by molar-refractivity contribution is 0.0937. The smallest absolute Gasteiger partial charge is 0.270 e. The Bertz CT molecular complexity index is 603. The van der Waals surface area contributed by atoms with Gasteiger partial charge in [0.1, 0.15) is 5.69 Å². The van der Waals surface area contributed by atoms with E-state index in [2.05, 4.69) is 27.1 Å². The normalized spacial score (nSPS) is 16.8. The summed E-state index contributed by atoms with van der Waals surface area (Å²) in [5.74, 6) is 0.574. The van der Waals surface area contributed by atoms with Crippen molar-refractivity contribution >= 4 is 17.2 Å². The molecule has 22 heavy (non-hydrogen) atoms. The maximum Gasteiger partial charge on any atom is 0.270 e. The maximum atomic E-state index is 12.1. The zero-order valence-electron chi connectivity index (χ0n) is 12.6. The average Bonchev–Trinajstić information content (AvgIpc) is 3.20. The van der Waals surface area contributed by atoms with Gasteiger partial charge in [0.05, 0.1) is 6.26 Å². The third kappa shape index (κ3) is 3.73. The SMILES string of the molecule is CN1CCN(CCNC(=O)c2csc(-c3ccco3)n2)CC1. The fraction of sp³-hybridized carbons (Fsp3) is 0.467. The van der Waals surface area contributed by atoms with Crippen LogP contribution < -0.4 is 5.32 Å². The Morgan fingerprint density at radius 3 is 2.95 bits per heavy atom. The molecule has 6 nitrogen and oxygen atoms in total. The summed E-state index contributed by atoms with van der Waals surface area (Å²) >= 11 is 1.42. The van der Waals surface area contributed by atoms with Gasteiger partial charge in [-0.2, -0.15) is 0 Å². The molecule has 1 saturated heterocycles. The molecule has 118 valence electrons. The molecule has 0 unspecified atom stereocenters. The largest absolute Gasteiger partial charge is 0.462 e. The van der Waals surface area contributed by atoms with Gasteiger partial charge in [0.2, 0.25) is 0 Å². The van der Waals surface area contributed by atoms with E-state index in [4.69, 9.17) is 4.42 Å². The minimum absolute atomic E-state index is 0.122. The number of amides is 1. The quantitative estimate of drug-likeness (QED) is 0.902. The van der Waals surface area contributed by atoms with Crippen LogP contribution in [0.5, 0.6) is 0 Å². The van der Waals surface area contributed by atoms with E-state index < -0.39 is 0 Å². The molecule has 2 aromatic rings. The number of nitrogens with zero attached hydrogens (tertiary/aromatic N) is 3. The van der Waals surface area contributed by atoms with Crippen LogP contribution in [0.4, 0.5) is 0 Å². The van der Waals surface area contributed by atoms with Gasteiger partial charge in [-0.05, 0) is 19.2 Å². The first-order valence-electron chi connectivity index (χ1n) is 7.41. The molecule has 1 N–H and O–H groups in total. The highest BCUT2D eigenvalue weighted by Gasteiger charge is 2.15. The second kappa shape index (κ2) is 7.04.